The van der Waals surface area contributed by atoms with Crippen molar-refractivity contribution in [1.29, 1.82) is 0 Å². The number of ether oxygens (including phenoxy) is 1. The Labute approximate surface area is 111 Å². The second-order valence-electron chi connectivity index (χ2n) is 5.06. The summed E-state index contributed by atoms with van der Waals surface area (Å²) in [6.07, 6.45) is -0.724. The molecule has 0 saturated carbocycles. The number of amides is 2. The minimum atomic E-state index is -1.21. The topological polar surface area (TPSA) is 131 Å². The lowest BCUT2D eigenvalue weighted by Crippen LogP contribution is -2.50. The van der Waals surface area contributed by atoms with Crippen LogP contribution in [0.2, 0.25) is 0 Å². The Morgan fingerprint density at radius 2 is 1.84 bits per heavy atom. The highest BCUT2D eigenvalue weighted by Gasteiger charge is 2.21. The van der Waals surface area contributed by atoms with Gasteiger partial charge in [-0.1, -0.05) is 0 Å². The SMILES string of the molecule is CC(NC(=O)OC(C)(C)C)C(=O)NCC(N)C(=O)O. The molecule has 0 aromatic heterocycles. The van der Waals surface area contributed by atoms with E-state index < -0.39 is 35.7 Å². The van der Waals surface area contributed by atoms with Crippen LogP contribution in [0.4, 0.5) is 4.79 Å². The molecule has 0 aromatic carbocycles. The highest BCUT2D eigenvalue weighted by Crippen LogP contribution is 2.06. The molecule has 0 spiro atoms. The fraction of sp³-hybridized carbons (Fsp3) is 0.727. The molecule has 0 radical (unpaired) electrons. The quantitative estimate of drug-likeness (QED) is 0.531. The predicted molar refractivity (Wildman–Crippen MR) is 67.5 cm³/mol. The summed E-state index contributed by atoms with van der Waals surface area (Å²) in [4.78, 5) is 33.4. The maximum absolute atomic E-state index is 11.5. The summed E-state index contributed by atoms with van der Waals surface area (Å²) >= 11 is 0. The van der Waals surface area contributed by atoms with Gasteiger partial charge in [-0.25, -0.2) is 4.79 Å². The molecule has 0 aromatic rings. The van der Waals surface area contributed by atoms with Crippen LogP contribution in [-0.2, 0) is 14.3 Å². The average molecular weight is 275 g/mol. The van der Waals surface area contributed by atoms with Crippen molar-refractivity contribution < 1.29 is 24.2 Å². The van der Waals surface area contributed by atoms with Crippen LogP contribution in [0.25, 0.3) is 0 Å². The Bertz CT molecular complexity index is 351. The molecule has 0 fully saturated rings. The van der Waals surface area contributed by atoms with Crippen molar-refractivity contribution in [2.45, 2.75) is 45.4 Å². The highest BCUT2D eigenvalue weighted by atomic mass is 16.6. The van der Waals surface area contributed by atoms with Gasteiger partial charge < -0.3 is 26.2 Å². The molecule has 0 heterocycles. The van der Waals surface area contributed by atoms with E-state index in [9.17, 15) is 14.4 Å². The van der Waals surface area contributed by atoms with Crippen molar-refractivity contribution in [3.05, 3.63) is 0 Å². The molecular weight excluding hydrogens is 254 g/mol. The monoisotopic (exact) mass is 275 g/mol. The number of nitrogens with one attached hydrogen (secondary N) is 2. The molecule has 0 aliphatic carbocycles. The lowest BCUT2D eigenvalue weighted by molar-refractivity contribution is -0.138. The predicted octanol–water partition coefficient (Wildman–Crippen LogP) is -0.572. The molecule has 8 nitrogen and oxygen atoms in total. The van der Waals surface area contributed by atoms with Crippen LogP contribution in [0.5, 0.6) is 0 Å². The largest absolute Gasteiger partial charge is 0.480 e. The molecule has 2 amide bonds. The Balaban J connectivity index is 4.14. The van der Waals surface area contributed by atoms with Gasteiger partial charge in [0.25, 0.3) is 0 Å². The first-order valence-corrected chi connectivity index (χ1v) is 5.78. The smallest absolute Gasteiger partial charge is 0.408 e. The van der Waals surface area contributed by atoms with Crippen LogP contribution in [0.3, 0.4) is 0 Å². The molecule has 5 N–H and O–H groups in total. The lowest BCUT2D eigenvalue weighted by atomic mass is 10.2. The van der Waals surface area contributed by atoms with Crippen LogP contribution in [0, 0.1) is 0 Å². The first-order valence-electron chi connectivity index (χ1n) is 5.78. The maximum atomic E-state index is 11.5. The van der Waals surface area contributed by atoms with Gasteiger partial charge in [0.05, 0.1) is 0 Å². The van der Waals surface area contributed by atoms with Gasteiger partial charge in [-0.05, 0) is 27.7 Å². The molecule has 0 aliphatic heterocycles. The van der Waals surface area contributed by atoms with E-state index in [0.717, 1.165) is 0 Å². The van der Waals surface area contributed by atoms with Crippen molar-refractivity contribution in [1.82, 2.24) is 10.6 Å². The van der Waals surface area contributed by atoms with E-state index >= 15 is 0 Å². The van der Waals surface area contributed by atoms with E-state index in [-0.39, 0.29) is 6.54 Å². The van der Waals surface area contributed by atoms with Gasteiger partial charge in [0.15, 0.2) is 0 Å². The molecule has 0 bridgehead atoms. The van der Waals surface area contributed by atoms with Crippen LogP contribution < -0.4 is 16.4 Å². The molecule has 19 heavy (non-hydrogen) atoms. The van der Waals surface area contributed by atoms with Crippen molar-refractivity contribution in [2.24, 2.45) is 5.73 Å². The van der Waals surface area contributed by atoms with Gasteiger partial charge in [0, 0.05) is 6.54 Å². The van der Waals surface area contributed by atoms with E-state index in [1.54, 1.807) is 20.8 Å². The van der Waals surface area contributed by atoms with E-state index in [2.05, 4.69) is 10.6 Å². The summed E-state index contributed by atoms with van der Waals surface area (Å²) in [5.74, 6) is -1.75. The molecule has 8 heteroatoms. The fourth-order valence-electron chi connectivity index (χ4n) is 1.00. The zero-order valence-electron chi connectivity index (χ0n) is 11.5. The second kappa shape index (κ2) is 6.93. The van der Waals surface area contributed by atoms with E-state index in [1.165, 1.54) is 6.92 Å². The number of carboxylic acid groups (broad SMARTS) is 1. The number of hydrogen-bond acceptors (Lipinski definition) is 5. The minimum absolute atomic E-state index is 0.214. The van der Waals surface area contributed by atoms with Gasteiger partial charge in [-0.15, -0.1) is 0 Å². The number of carbonyl (C=O) groups is 3. The molecule has 0 aliphatic rings. The summed E-state index contributed by atoms with van der Waals surface area (Å²) in [6, 6.07) is -2.03. The third-order valence-corrected chi connectivity index (χ3v) is 1.94. The van der Waals surface area contributed by atoms with Gasteiger partial charge in [-0.2, -0.15) is 0 Å². The molecule has 0 rings (SSSR count). The standard InChI is InChI=1S/C11H21N3O5/c1-6(14-10(18)19-11(2,3)4)8(15)13-5-7(12)9(16)17/h6-7H,5,12H2,1-4H3,(H,13,15)(H,14,18)(H,16,17). The van der Waals surface area contributed by atoms with E-state index in [0.29, 0.717) is 0 Å². The Morgan fingerprint density at radius 1 is 1.32 bits per heavy atom. The number of hydrogen-bond donors (Lipinski definition) is 4. The van der Waals surface area contributed by atoms with E-state index in [1.807, 2.05) is 0 Å². The average Bonchev–Trinajstić information content (AvgIpc) is 2.21. The fourth-order valence-corrected chi connectivity index (χ4v) is 1.00. The molecule has 0 saturated heterocycles. The zero-order valence-corrected chi connectivity index (χ0v) is 11.5. The van der Waals surface area contributed by atoms with Gasteiger partial charge >= 0.3 is 12.1 Å². The first-order chi connectivity index (χ1) is 8.53. The van der Waals surface area contributed by atoms with Crippen LogP contribution in [0.15, 0.2) is 0 Å². The Hall–Kier alpha value is -1.83. The molecule has 110 valence electrons. The van der Waals surface area contributed by atoms with E-state index in [4.69, 9.17) is 15.6 Å². The Morgan fingerprint density at radius 3 is 2.26 bits per heavy atom. The summed E-state index contributed by atoms with van der Waals surface area (Å²) in [6.45, 7) is 6.33. The number of carbonyl (C=O) groups excluding carboxylic acids is 2. The van der Waals surface area contributed by atoms with Crippen LogP contribution >= 0.6 is 0 Å². The van der Waals surface area contributed by atoms with Gasteiger partial charge in [0.2, 0.25) is 5.91 Å². The minimum Gasteiger partial charge on any atom is -0.480 e. The number of nitrogens with two attached hydrogens (primary N) is 1. The van der Waals surface area contributed by atoms with Crippen molar-refractivity contribution >= 4 is 18.0 Å². The highest BCUT2D eigenvalue weighted by molar-refractivity contribution is 5.85. The number of carboxylic acids is 1. The summed E-state index contributed by atoms with van der Waals surface area (Å²) in [7, 11) is 0. The second-order valence-corrected chi connectivity index (χ2v) is 5.06. The van der Waals surface area contributed by atoms with Crippen LogP contribution in [0.1, 0.15) is 27.7 Å². The van der Waals surface area contributed by atoms with Gasteiger partial charge in [-0.3, -0.25) is 9.59 Å². The van der Waals surface area contributed by atoms with Crippen molar-refractivity contribution in [3.63, 3.8) is 0 Å². The summed E-state index contributed by atoms with van der Waals surface area (Å²) in [5.41, 5.74) is 4.56. The van der Waals surface area contributed by atoms with Gasteiger partial charge in [0.1, 0.15) is 17.7 Å². The maximum Gasteiger partial charge on any atom is 0.408 e. The van der Waals surface area contributed by atoms with Crippen LogP contribution in [-0.4, -0.2) is 47.3 Å². The number of alkyl carbamates (subject to hydrolysis) is 1. The Kier molecular flexibility index (Phi) is 6.26. The lowest BCUT2D eigenvalue weighted by Gasteiger charge is -2.21. The summed E-state index contributed by atoms with van der Waals surface area (Å²) < 4.78 is 4.97. The zero-order chi connectivity index (χ0) is 15.2. The third kappa shape index (κ3) is 7.98. The molecular formula is C11H21N3O5. The number of aliphatic carboxylic acids is 1. The molecule has 2 unspecified atom stereocenters. The summed E-state index contributed by atoms with van der Waals surface area (Å²) in [5, 5.41) is 13.2. The number of rotatable bonds is 5. The normalized spacial score (nSPS) is 14.2. The third-order valence-electron chi connectivity index (χ3n) is 1.94. The van der Waals surface area contributed by atoms with Crippen molar-refractivity contribution in [3.8, 4) is 0 Å². The van der Waals surface area contributed by atoms with Crippen molar-refractivity contribution in [2.75, 3.05) is 6.54 Å². The first kappa shape index (κ1) is 17.2. The molecule has 2 atom stereocenters.